The predicted octanol–water partition coefficient (Wildman–Crippen LogP) is 2.86. The maximum Gasteiger partial charge on any atom is 0.140 e. The molecule has 0 aliphatic heterocycles. The van der Waals surface area contributed by atoms with Gasteiger partial charge in [-0.3, -0.25) is 0 Å². The van der Waals surface area contributed by atoms with Crippen LogP contribution in [0.3, 0.4) is 0 Å². The Hall–Kier alpha value is -0.740. The molecule has 0 aromatic carbocycles. The van der Waals surface area contributed by atoms with Gasteiger partial charge in [0.25, 0.3) is 0 Å². The summed E-state index contributed by atoms with van der Waals surface area (Å²) in [5.41, 5.74) is 0.827. The van der Waals surface area contributed by atoms with E-state index in [0.29, 0.717) is 4.64 Å². The average molecular weight is 224 g/mol. The highest BCUT2D eigenvalue weighted by atomic mass is 32.1. The Morgan fingerprint density at radius 2 is 2.13 bits per heavy atom. The van der Waals surface area contributed by atoms with E-state index in [4.69, 9.17) is 17.0 Å². The quantitative estimate of drug-likeness (QED) is 0.785. The second-order valence-electron chi connectivity index (χ2n) is 4.16. The van der Waals surface area contributed by atoms with Crippen molar-refractivity contribution in [2.75, 3.05) is 7.11 Å². The van der Waals surface area contributed by atoms with Crippen molar-refractivity contribution < 1.29 is 4.74 Å². The van der Waals surface area contributed by atoms with Crippen LogP contribution in [0.4, 0.5) is 0 Å². The molecule has 0 saturated heterocycles. The predicted molar refractivity (Wildman–Crippen MR) is 61.3 cm³/mol. The highest BCUT2D eigenvalue weighted by Gasteiger charge is 2.37. The average Bonchev–Trinajstić information content (AvgIpc) is 2.65. The van der Waals surface area contributed by atoms with Crippen molar-refractivity contribution in [1.29, 1.82) is 0 Å². The van der Waals surface area contributed by atoms with Crippen LogP contribution in [0.25, 0.3) is 0 Å². The molecule has 0 radical (unpaired) electrons. The number of aromatic amines is 1. The van der Waals surface area contributed by atoms with Gasteiger partial charge in [-0.15, -0.1) is 0 Å². The fourth-order valence-electron chi connectivity index (χ4n) is 2.28. The first kappa shape index (κ1) is 10.8. The summed E-state index contributed by atoms with van der Waals surface area (Å²) in [5.74, 6) is 0.896. The van der Waals surface area contributed by atoms with Gasteiger partial charge in [0, 0.05) is 12.8 Å². The van der Waals surface area contributed by atoms with E-state index >= 15 is 0 Å². The molecule has 0 amide bonds. The summed E-state index contributed by atoms with van der Waals surface area (Å²) < 4.78 is 6.30. The second-order valence-corrected chi connectivity index (χ2v) is 4.57. The highest BCUT2D eigenvalue weighted by molar-refractivity contribution is 7.71. The first-order chi connectivity index (χ1) is 7.16. The molecule has 0 bridgehead atoms. The third-order valence-corrected chi connectivity index (χ3v) is 3.32. The molecule has 1 heterocycles. The van der Waals surface area contributed by atoms with E-state index in [9.17, 15) is 0 Å². The van der Waals surface area contributed by atoms with Crippen molar-refractivity contribution in [1.82, 2.24) is 9.97 Å². The van der Waals surface area contributed by atoms with E-state index in [-0.39, 0.29) is 5.60 Å². The zero-order valence-corrected chi connectivity index (χ0v) is 9.99. The molecule has 0 spiro atoms. The maximum atomic E-state index is 5.65. The molecule has 2 rings (SSSR count). The smallest absolute Gasteiger partial charge is 0.140 e. The molecule has 1 fully saturated rings. The summed E-state index contributed by atoms with van der Waals surface area (Å²) in [6, 6.07) is 1.87. The van der Waals surface area contributed by atoms with Gasteiger partial charge in [-0.2, -0.15) is 0 Å². The van der Waals surface area contributed by atoms with E-state index in [2.05, 4.69) is 9.97 Å². The molecular weight excluding hydrogens is 208 g/mol. The number of H-pyrrole nitrogens is 1. The minimum Gasteiger partial charge on any atom is -0.370 e. The minimum absolute atomic E-state index is 0.223. The van der Waals surface area contributed by atoms with Crippen LogP contribution in [0.15, 0.2) is 6.07 Å². The van der Waals surface area contributed by atoms with E-state index in [0.717, 1.165) is 24.4 Å². The fraction of sp³-hybridized carbons (Fsp3) is 0.636. The Kier molecular flexibility index (Phi) is 2.89. The molecule has 1 saturated carbocycles. The number of methoxy groups -OCH3 is 1. The van der Waals surface area contributed by atoms with Gasteiger partial charge in [-0.05, 0) is 38.7 Å². The largest absolute Gasteiger partial charge is 0.370 e. The van der Waals surface area contributed by atoms with E-state index in [1.165, 1.54) is 12.8 Å². The lowest BCUT2D eigenvalue weighted by Gasteiger charge is -2.26. The lowest BCUT2D eigenvalue weighted by Crippen LogP contribution is -2.27. The number of ether oxygens (including phenoxy) is 1. The summed E-state index contributed by atoms with van der Waals surface area (Å²) in [5, 5.41) is 0. The molecule has 1 aromatic heterocycles. The van der Waals surface area contributed by atoms with Crippen molar-refractivity contribution in [3.8, 4) is 0 Å². The normalized spacial score (nSPS) is 19.3. The van der Waals surface area contributed by atoms with Gasteiger partial charge < -0.3 is 9.72 Å². The van der Waals surface area contributed by atoms with Crippen molar-refractivity contribution >= 4 is 12.2 Å². The van der Waals surface area contributed by atoms with Crippen LogP contribution in [0.1, 0.15) is 37.2 Å². The first-order valence-corrected chi connectivity index (χ1v) is 5.71. The van der Waals surface area contributed by atoms with Crippen LogP contribution in [0, 0.1) is 11.6 Å². The van der Waals surface area contributed by atoms with E-state index in [1.54, 1.807) is 7.11 Å². The number of nitrogens with zero attached hydrogens (tertiary/aromatic N) is 1. The molecular formula is C11H16N2OS. The summed E-state index contributed by atoms with van der Waals surface area (Å²) in [6.45, 7) is 2.00. The number of rotatable bonds is 2. The molecule has 1 aliphatic carbocycles. The molecule has 0 atom stereocenters. The molecule has 1 N–H and O–H groups in total. The molecule has 3 nitrogen and oxygen atoms in total. The number of nitrogens with one attached hydrogen (secondary N) is 1. The number of hydrogen-bond acceptors (Lipinski definition) is 3. The van der Waals surface area contributed by atoms with Gasteiger partial charge >= 0.3 is 0 Å². The maximum absolute atomic E-state index is 5.65. The summed E-state index contributed by atoms with van der Waals surface area (Å²) in [7, 11) is 1.76. The number of aryl methyl sites for hydroxylation is 1. The Bertz CT molecular complexity index is 407. The van der Waals surface area contributed by atoms with Crippen molar-refractivity contribution in [3.05, 3.63) is 22.2 Å². The van der Waals surface area contributed by atoms with Crippen LogP contribution in [-0.2, 0) is 10.3 Å². The molecule has 82 valence electrons. The Morgan fingerprint density at radius 1 is 1.47 bits per heavy atom. The summed E-state index contributed by atoms with van der Waals surface area (Å²) in [4.78, 5) is 7.67. The molecule has 4 heteroatoms. The lowest BCUT2D eigenvalue weighted by molar-refractivity contribution is -0.0165. The van der Waals surface area contributed by atoms with Gasteiger partial charge in [0.15, 0.2) is 0 Å². The van der Waals surface area contributed by atoms with Gasteiger partial charge in [0.05, 0.1) is 0 Å². The standard InChI is InChI=1S/C11H16N2OS/c1-8-7-9(15)13-10(12-8)11(14-2)5-3-4-6-11/h7H,3-6H2,1-2H3,(H,12,13,15). The monoisotopic (exact) mass is 224 g/mol. The molecule has 0 unspecified atom stereocenters. The summed E-state index contributed by atoms with van der Waals surface area (Å²) in [6.07, 6.45) is 4.46. The Balaban J connectivity index is 2.46. The van der Waals surface area contributed by atoms with Crippen molar-refractivity contribution in [3.63, 3.8) is 0 Å². The van der Waals surface area contributed by atoms with Crippen LogP contribution < -0.4 is 0 Å². The Labute approximate surface area is 94.9 Å². The fourth-order valence-corrected chi connectivity index (χ4v) is 2.55. The van der Waals surface area contributed by atoms with E-state index < -0.39 is 0 Å². The zero-order chi connectivity index (χ0) is 10.9. The zero-order valence-electron chi connectivity index (χ0n) is 9.17. The number of aromatic nitrogens is 2. The van der Waals surface area contributed by atoms with Crippen molar-refractivity contribution in [2.45, 2.75) is 38.2 Å². The minimum atomic E-state index is -0.223. The van der Waals surface area contributed by atoms with Crippen LogP contribution in [0.5, 0.6) is 0 Å². The van der Waals surface area contributed by atoms with Gasteiger partial charge in [0.2, 0.25) is 0 Å². The van der Waals surface area contributed by atoms with Gasteiger partial charge in [-0.1, -0.05) is 12.2 Å². The molecule has 1 aromatic rings. The first-order valence-electron chi connectivity index (χ1n) is 5.30. The second kappa shape index (κ2) is 4.02. The van der Waals surface area contributed by atoms with Crippen LogP contribution in [0.2, 0.25) is 0 Å². The topological polar surface area (TPSA) is 37.9 Å². The van der Waals surface area contributed by atoms with Gasteiger partial charge in [0.1, 0.15) is 16.1 Å². The van der Waals surface area contributed by atoms with E-state index in [1.807, 2.05) is 13.0 Å². The molecule has 15 heavy (non-hydrogen) atoms. The third-order valence-electron chi connectivity index (χ3n) is 3.11. The summed E-state index contributed by atoms with van der Waals surface area (Å²) >= 11 is 5.13. The van der Waals surface area contributed by atoms with Crippen molar-refractivity contribution in [2.24, 2.45) is 0 Å². The molecule has 1 aliphatic rings. The highest BCUT2D eigenvalue weighted by Crippen LogP contribution is 2.39. The number of hydrogen-bond donors (Lipinski definition) is 1. The Morgan fingerprint density at radius 3 is 2.67 bits per heavy atom. The SMILES string of the molecule is COC1(c2nc(=S)cc(C)[nH]2)CCCC1. The van der Waals surface area contributed by atoms with Crippen LogP contribution >= 0.6 is 12.2 Å². The lowest BCUT2D eigenvalue weighted by atomic mass is 10.0. The third kappa shape index (κ3) is 1.96. The van der Waals surface area contributed by atoms with Crippen LogP contribution in [-0.4, -0.2) is 17.1 Å². The van der Waals surface area contributed by atoms with Gasteiger partial charge in [-0.25, -0.2) is 4.98 Å².